The highest BCUT2D eigenvalue weighted by Crippen LogP contribution is 2.36. The van der Waals surface area contributed by atoms with Crippen LogP contribution in [0.5, 0.6) is 11.8 Å². The summed E-state index contributed by atoms with van der Waals surface area (Å²) in [5, 5.41) is 2.28. The number of hydrogen-bond acceptors (Lipinski definition) is 9. The van der Waals surface area contributed by atoms with E-state index in [0.717, 1.165) is 64.4 Å². The molecule has 3 aromatic carbocycles. The molecule has 4 heterocycles. The van der Waals surface area contributed by atoms with E-state index in [1.54, 1.807) is 12.0 Å². The summed E-state index contributed by atoms with van der Waals surface area (Å²) in [7, 11) is 1.70. The van der Waals surface area contributed by atoms with E-state index in [2.05, 4.69) is 45.0 Å². The minimum atomic E-state index is -0.769. The number of methoxy groups -OCH3 is 1. The number of ether oxygens (including phenoxy) is 3. The quantitative estimate of drug-likeness (QED) is 0.249. The maximum atomic E-state index is 13.7. The van der Waals surface area contributed by atoms with Crippen LogP contribution in [0.1, 0.15) is 23.2 Å². The zero-order chi connectivity index (χ0) is 32.2. The van der Waals surface area contributed by atoms with Crippen LogP contribution in [0.15, 0.2) is 66.7 Å². The van der Waals surface area contributed by atoms with Gasteiger partial charge in [-0.15, -0.1) is 0 Å². The molecule has 1 atom stereocenters. The minimum absolute atomic E-state index is 0.252. The molecule has 3 aliphatic heterocycles. The Morgan fingerprint density at radius 3 is 2.53 bits per heavy atom. The van der Waals surface area contributed by atoms with Gasteiger partial charge in [0, 0.05) is 75.1 Å². The zero-order valence-electron chi connectivity index (χ0n) is 26.8. The average molecular weight is 641 g/mol. The number of anilines is 2. The van der Waals surface area contributed by atoms with E-state index in [9.17, 15) is 9.18 Å². The fraction of sp³-hybridized carbons (Fsp3) is 0.417. The molecule has 0 radical (unpaired) electrons. The third-order valence-electron chi connectivity index (χ3n) is 9.31. The van der Waals surface area contributed by atoms with Crippen LogP contribution >= 0.6 is 0 Å². The molecule has 47 heavy (non-hydrogen) atoms. The summed E-state index contributed by atoms with van der Waals surface area (Å²) in [6, 6.07) is 22.5. The van der Waals surface area contributed by atoms with E-state index >= 15 is 0 Å². The second kappa shape index (κ2) is 14.0. The summed E-state index contributed by atoms with van der Waals surface area (Å²) in [5.74, 6) is 1.68. The van der Waals surface area contributed by atoms with Gasteiger partial charge in [0.1, 0.15) is 31.0 Å². The predicted octanol–water partition coefficient (Wildman–Crippen LogP) is 5.08. The van der Waals surface area contributed by atoms with Crippen LogP contribution in [0, 0.1) is 0 Å². The first-order valence-corrected chi connectivity index (χ1v) is 16.5. The molecule has 0 spiro atoms. The number of piperazine rings is 1. The van der Waals surface area contributed by atoms with Crippen molar-refractivity contribution in [2.45, 2.75) is 32.2 Å². The Bertz CT molecular complexity index is 1700. The Morgan fingerprint density at radius 2 is 1.74 bits per heavy atom. The van der Waals surface area contributed by atoms with Gasteiger partial charge in [-0.05, 0) is 29.9 Å². The summed E-state index contributed by atoms with van der Waals surface area (Å²) in [6.07, 6.45) is 0.261. The summed E-state index contributed by atoms with van der Waals surface area (Å²) in [6.45, 7) is 6.15. The number of halogens is 1. The monoisotopic (exact) mass is 640 g/mol. The van der Waals surface area contributed by atoms with E-state index in [4.69, 9.17) is 24.2 Å². The largest absolute Gasteiger partial charge is 0.497 e. The highest BCUT2D eigenvalue weighted by Gasteiger charge is 2.30. The van der Waals surface area contributed by atoms with E-state index < -0.39 is 6.17 Å². The number of rotatable bonds is 9. The highest BCUT2D eigenvalue weighted by molar-refractivity contribution is 5.95. The molecule has 0 saturated carbocycles. The van der Waals surface area contributed by atoms with Gasteiger partial charge in [0.15, 0.2) is 0 Å². The number of likely N-dealkylation sites (tertiary alicyclic amines) is 1. The molecule has 4 aromatic rings. The normalized spacial score (nSPS) is 18.3. The van der Waals surface area contributed by atoms with Crippen molar-refractivity contribution in [3.05, 3.63) is 83.6 Å². The van der Waals surface area contributed by atoms with E-state index in [1.165, 1.54) is 0 Å². The molecular formula is C36H41FN6O4. The van der Waals surface area contributed by atoms with E-state index in [1.807, 2.05) is 36.4 Å². The third kappa shape index (κ3) is 7.05. The summed E-state index contributed by atoms with van der Waals surface area (Å²) in [5.41, 5.74) is 4.11. The average Bonchev–Trinajstić information content (AvgIpc) is 3.54. The highest BCUT2D eigenvalue weighted by atomic mass is 19.1. The lowest BCUT2D eigenvalue weighted by atomic mass is 10.0. The van der Waals surface area contributed by atoms with Crippen molar-refractivity contribution in [1.82, 2.24) is 19.8 Å². The molecule has 246 valence electrons. The van der Waals surface area contributed by atoms with Gasteiger partial charge in [-0.1, -0.05) is 54.6 Å². The first kappa shape index (κ1) is 31.0. The van der Waals surface area contributed by atoms with Gasteiger partial charge in [0.25, 0.3) is 0 Å². The molecule has 1 amide bonds. The molecular weight excluding hydrogens is 599 g/mol. The van der Waals surface area contributed by atoms with Crippen LogP contribution in [-0.2, 0) is 24.3 Å². The van der Waals surface area contributed by atoms with Gasteiger partial charge in [-0.25, -0.2) is 9.18 Å². The van der Waals surface area contributed by atoms with Crippen molar-refractivity contribution in [1.29, 1.82) is 0 Å². The van der Waals surface area contributed by atoms with Crippen molar-refractivity contribution in [3.8, 4) is 11.8 Å². The Morgan fingerprint density at radius 1 is 0.936 bits per heavy atom. The fourth-order valence-corrected chi connectivity index (χ4v) is 6.73. The van der Waals surface area contributed by atoms with Crippen molar-refractivity contribution >= 4 is 28.4 Å². The summed E-state index contributed by atoms with van der Waals surface area (Å²) < 4.78 is 31.1. The molecule has 1 aromatic heterocycles. The number of alkyl halides is 1. The molecule has 2 fully saturated rings. The molecule has 0 N–H and O–H groups in total. The van der Waals surface area contributed by atoms with Gasteiger partial charge in [0.05, 0.1) is 19.3 Å². The van der Waals surface area contributed by atoms with E-state index in [0.29, 0.717) is 64.9 Å². The van der Waals surface area contributed by atoms with Crippen LogP contribution < -0.4 is 19.3 Å². The number of fused-ring (bicyclic) bond motifs is 2. The number of benzene rings is 3. The van der Waals surface area contributed by atoms with Crippen molar-refractivity contribution in [2.24, 2.45) is 0 Å². The number of hydrogen-bond donors (Lipinski definition) is 0. The smallest absolute Gasteiger partial charge is 0.410 e. The zero-order valence-corrected chi connectivity index (χ0v) is 26.8. The standard InChI is InChI=1S/C36H41FN6O4/c1-45-29-21-27-9-5-6-10-30(27)33(22-29)43-14-12-31-32(24-43)38-35(46-20-19-40-13-11-28(37)23-40)39-34(31)41-15-17-42(18-16-41)36(44)47-25-26-7-3-2-4-8-26/h2-10,21-22,28H,11-20,23-25H2,1H3/t28-/m0/s1. The minimum Gasteiger partial charge on any atom is -0.497 e. The summed E-state index contributed by atoms with van der Waals surface area (Å²) in [4.78, 5) is 31.1. The second-order valence-corrected chi connectivity index (χ2v) is 12.3. The lowest BCUT2D eigenvalue weighted by Gasteiger charge is -2.38. The first-order chi connectivity index (χ1) is 23.0. The lowest BCUT2D eigenvalue weighted by molar-refractivity contribution is 0.0941. The topological polar surface area (TPSA) is 83.5 Å². The van der Waals surface area contributed by atoms with Crippen molar-refractivity contribution < 1.29 is 23.4 Å². The lowest BCUT2D eigenvalue weighted by Crippen LogP contribution is -2.49. The molecule has 7 rings (SSSR count). The SMILES string of the molecule is COc1cc(N2CCc3c(nc(OCCN4CC[C@H](F)C4)nc3N3CCN(C(=O)OCc4ccccc4)CC3)C2)c2ccccc2c1. The van der Waals surface area contributed by atoms with Crippen molar-refractivity contribution in [2.75, 3.05) is 75.9 Å². The van der Waals surface area contributed by atoms with E-state index in [-0.39, 0.29) is 12.7 Å². The molecule has 2 saturated heterocycles. The van der Waals surface area contributed by atoms with Crippen LogP contribution in [0.4, 0.5) is 20.7 Å². The number of carbonyl (C=O) groups excluding carboxylic acids is 1. The van der Waals surface area contributed by atoms with Gasteiger partial charge < -0.3 is 28.9 Å². The summed E-state index contributed by atoms with van der Waals surface area (Å²) >= 11 is 0. The van der Waals surface area contributed by atoms with Crippen LogP contribution in [0.25, 0.3) is 10.8 Å². The maximum absolute atomic E-state index is 13.7. The molecule has 11 heteroatoms. The number of carbonyl (C=O) groups is 1. The molecule has 10 nitrogen and oxygen atoms in total. The number of nitrogens with zero attached hydrogens (tertiary/aromatic N) is 6. The van der Waals surface area contributed by atoms with Crippen LogP contribution in [0.3, 0.4) is 0 Å². The molecule has 0 bridgehead atoms. The predicted molar refractivity (Wildman–Crippen MR) is 179 cm³/mol. The Hall–Kier alpha value is -4.64. The van der Waals surface area contributed by atoms with Crippen LogP contribution in [-0.4, -0.2) is 98.1 Å². The second-order valence-electron chi connectivity index (χ2n) is 12.3. The first-order valence-electron chi connectivity index (χ1n) is 16.5. The van der Waals surface area contributed by atoms with Gasteiger partial charge >= 0.3 is 12.1 Å². The molecule has 0 aliphatic carbocycles. The van der Waals surface area contributed by atoms with Gasteiger partial charge in [-0.2, -0.15) is 9.97 Å². The van der Waals surface area contributed by atoms with Crippen LogP contribution in [0.2, 0.25) is 0 Å². The van der Waals surface area contributed by atoms with Gasteiger partial charge in [0.2, 0.25) is 0 Å². The fourth-order valence-electron chi connectivity index (χ4n) is 6.73. The Balaban J connectivity index is 1.10. The van der Waals surface area contributed by atoms with Crippen molar-refractivity contribution in [3.63, 3.8) is 0 Å². The Labute approximate surface area is 274 Å². The van der Waals surface area contributed by atoms with Gasteiger partial charge in [-0.3, -0.25) is 4.90 Å². The third-order valence-corrected chi connectivity index (χ3v) is 9.31. The maximum Gasteiger partial charge on any atom is 0.410 e. The number of amides is 1. The molecule has 3 aliphatic rings. The molecule has 0 unspecified atom stereocenters. The Kier molecular flexibility index (Phi) is 9.23. The number of aromatic nitrogens is 2.